The second-order valence-corrected chi connectivity index (χ2v) is 4.56. The van der Waals surface area contributed by atoms with Crippen LogP contribution in [-0.4, -0.2) is 27.4 Å². The molecule has 1 heterocycles. The number of rotatable bonds is 4. The topological polar surface area (TPSA) is 53.7 Å². The van der Waals surface area contributed by atoms with Crippen LogP contribution in [0.1, 0.15) is 24.4 Å². The molecule has 0 unspecified atom stereocenters. The molecule has 0 spiro atoms. The van der Waals surface area contributed by atoms with Crippen molar-refractivity contribution in [3.05, 3.63) is 23.8 Å². The lowest BCUT2D eigenvalue weighted by atomic mass is 9.87. The van der Waals surface area contributed by atoms with Crippen molar-refractivity contribution < 1.29 is 14.2 Å². The molecular formula is C14H22ClNO3. The van der Waals surface area contributed by atoms with Crippen molar-refractivity contribution >= 4 is 12.4 Å². The summed E-state index contributed by atoms with van der Waals surface area (Å²) < 4.78 is 16.1. The summed E-state index contributed by atoms with van der Waals surface area (Å²) in [7, 11) is 3.29. The second kappa shape index (κ2) is 7.58. The number of para-hydroxylation sites is 1. The molecule has 0 amide bonds. The molecule has 0 aliphatic carbocycles. The average molecular weight is 288 g/mol. The van der Waals surface area contributed by atoms with E-state index in [1.165, 1.54) is 0 Å². The smallest absolute Gasteiger partial charge is 0.165 e. The Morgan fingerprint density at radius 2 is 1.89 bits per heavy atom. The Bertz CT molecular complexity index is 394. The van der Waals surface area contributed by atoms with Crippen molar-refractivity contribution in [2.24, 2.45) is 11.7 Å². The van der Waals surface area contributed by atoms with E-state index in [1.807, 2.05) is 18.2 Å². The molecule has 0 bridgehead atoms. The highest BCUT2D eigenvalue weighted by atomic mass is 35.5. The van der Waals surface area contributed by atoms with Gasteiger partial charge < -0.3 is 19.9 Å². The molecule has 2 rings (SSSR count). The lowest BCUT2D eigenvalue weighted by Gasteiger charge is -2.29. The number of hydrogen-bond donors (Lipinski definition) is 1. The minimum atomic E-state index is -0.0288. The predicted molar refractivity (Wildman–Crippen MR) is 77.3 cm³/mol. The van der Waals surface area contributed by atoms with Gasteiger partial charge in [0.1, 0.15) is 0 Å². The molecule has 1 aromatic rings. The number of benzene rings is 1. The van der Waals surface area contributed by atoms with Crippen LogP contribution < -0.4 is 15.2 Å². The molecule has 108 valence electrons. The van der Waals surface area contributed by atoms with Gasteiger partial charge in [-0.3, -0.25) is 0 Å². The number of nitrogens with two attached hydrogens (primary N) is 1. The molecule has 0 radical (unpaired) electrons. The standard InChI is InChI=1S/C14H21NO3.ClH/c1-16-12-5-3-4-11(14(12)17-2)13(15)10-6-8-18-9-7-10;/h3-5,10,13H,6-9,15H2,1-2H3;1H/t13-;/m1./s1. The maximum absolute atomic E-state index is 6.38. The maximum atomic E-state index is 6.38. The summed E-state index contributed by atoms with van der Waals surface area (Å²) in [4.78, 5) is 0. The molecule has 1 aliphatic rings. The third kappa shape index (κ3) is 3.53. The van der Waals surface area contributed by atoms with Gasteiger partial charge in [-0.05, 0) is 24.8 Å². The van der Waals surface area contributed by atoms with Gasteiger partial charge in [-0.15, -0.1) is 12.4 Å². The molecular weight excluding hydrogens is 266 g/mol. The zero-order chi connectivity index (χ0) is 13.0. The van der Waals surface area contributed by atoms with Gasteiger partial charge in [-0.25, -0.2) is 0 Å². The third-order valence-corrected chi connectivity index (χ3v) is 3.57. The van der Waals surface area contributed by atoms with Gasteiger partial charge in [0.2, 0.25) is 0 Å². The van der Waals surface area contributed by atoms with Crippen LogP contribution in [-0.2, 0) is 4.74 Å². The lowest BCUT2D eigenvalue weighted by Crippen LogP contribution is -2.27. The molecule has 1 aliphatic heterocycles. The minimum Gasteiger partial charge on any atom is -0.493 e. The fourth-order valence-electron chi connectivity index (χ4n) is 2.50. The van der Waals surface area contributed by atoms with Crippen LogP contribution in [0.25, 0.3) is 0 Å². The van der Waals surface area contributed by atoms with E-state index in [2.05, 4.69) is 0 Å². The summed E-state index contributed by atoms with van der Waals surface area (Å²) in [5.74, 6) is 1.93. The van der Waals surface area contributed by atoms with E-state index >= 15 is 0 Å². The van der Waals surface area contributed by atoms with Crippen LogP contribution in [0.4, 0.5) is 0 Å². The first kappa shape index (κ1) is 16.1. The Labute approximate surface area is 120 Å². The quantitative estimate of drug-likeness (QED) is 0.925. The van der Waals surface area contributed by atoms with E-state index in [0.29, 0.717) is 5.92 Å². The van der Waals surface area contributed by atoms with Gasteiger partial charge in [-0.2, -0.15) is 0 Å². The lowest BCUT2D eigenvalue weighted by molar-refractivity contribution is 0.0581. The first-order valence-electron chi connectivity index (χ1n) is 6.32. The van der Waals surface area contributed by atoms with Crippen molar-refractivity contribution in [3.8, 4) is 11.5 Å². The zero-order valence-electron chi connectivity index (χ0n) is 11.4. The zero-order valence-corrected chi connectivity index (χ0v) is 12.2. The Kier molecular flexibility index (Phi) is 6.42. The normalized spacial score (nSPS) is 17.4. The number of halogens is 1. The molecule has 19 heavy (non-hydrogen) atoms. The summed E-state index contributed by atoms with van der Waals surface area (Å²) in [5.41, 5.74) is 7.40. The summed E-state index contributed by atoms with van der Waals surface area (Å²) >= 11 is 0. The fourth-order valence-corrected chi connectivity index (χ4v) is 2.50. The Morgan fingerprint density at radius 3 is 2.47 bits per heavy atom. The van der Waals surface area contributed by atoms with E-state index < -0.39 is 0 Å². The fraction of sp³-hybridized carbons (Fsp3) is 0.571. The van der Waals surface area contributed by atoms with Gasteiger partial charge in [0, 0.05) is 24.8 Å². The Morgan fingerprint density at radius 1 is 1.21 bits per heavy atom. The van der Waals surface area contributed by atoms with Crippen LogP contribution in [0.3, 0.4) is 0 Å². The van der Waals surface area contributed by atoms with Crippen molar-refractivity contribution in [1.29, 1.82) is 0 Å². The molecule has 1 atom stereocenters. The first-order chi connectivity index (χ1) is 8.77. The van der Waals surface area contributed by atoms with E-state index in [9.17, 15) is 0 Å². The largest absolute Gasteiger partial charge is 0.493 e. The summed E-state index contributed by atoms with van der Waals surface area (Å²) in [6.07, 6.45) is 2.00. The van der Waals surface area contributed by atoms with Crippen LogP contribution in [0, 0.1) is 5.92 Å². The summed E-state index contributed by atoms with van der Waals surface area (Å²) in [6.45, 7) is 1.59. The number of hydrogen-bond acceptors (Lipinski definition) is 4. The highest BCUT2D eigenvalue weighted by Crippen LogP contribution is 2.38. The average Bonchev–Trinajstić information content (AvgIpc) is 2.46. The van der Waals surface area contributed by atoms with Gasteiger partial charge in [0.25, 0.3) is 0 Å². The highest BCUT2D eigenvalue weighted by Gasteiger charge is 2.25. The van der Waals surface area contributed by atoms with Gasteiger partial charge >= 0.3 is 0 Å². The first-order valence-corrected chi connectivity index (χ1v) is 6.32. The van der Waals surface area contributed by atoms with Crippen molar-refractivity contribution in [2.75, 3.05) is 27.4 Å². The van der Waals surface area contributed by atoms with Gasteiger partial charge in [0.15, 0.2) is 11.5 Å². The van der Waals surface area contributed by atoms with Gasteiger partial charge in [-0.1, -0.05) is 12.1 Å². The molecule has 5 heteroatoms. The number of ether oxygens (including phenoxy) is 3. The molecule has 1 fully saturated rings. The molecule has 2 N–H and O–H groups in total. The van der Waals surface area contributed by atoms with Crippen molar-refractivity contribution in [2.45, 2.75) is 18.9 Å². The molecule has 4 nitrogen and oxygen atoms in total. The van der Waals surface area contributed by atoms with Crippen LogP contribution in [0.15, 0.2) is 18.2 Å². The van der Waals surface area contributed by atoms with Gasteiger partial charge in [0.05, 0.1) is 14.2 Å². The molecule has 1 aromatic carbocycles. The summed E-state index contributed by atoms with van der Waals surface area (Å²) in [6, 6.07) is 5.83. The molecule has 0 aromatic heterocycles. The minimum absolute atomic E-state index is 0. The monoisotopic (exact) mass is 287 g/mol. The van der Waals surface area contributed by atoms with Crippen molar-refractivity contribution in [3.63, 3.8) is 0 Å². The Hall–Kier alpha value is -0.970. The van der Waals surface area contributed by atoms with Crippen molar-refractivity contribution in [1.82, 2.24) is 0 Å². The predicted octanol–water partition coefficient (Wildman–Crippen LogP) is 2.55. The Balaban J connectivity index is 0.00000180. The molecule has 1 saturated heterocycles. The SMILES string of the molecule is COc1cccc([C@H](N)C2CCOCC2)c1OC.Cl. The molecule has 0 saturated carbocycles. The second-order valence-electron chi connectivity index (χ2n) is 4.56. The van der Waals surface area contributed by atoms with E-state index in [0.717, 1.165) is 43.1 Å². The van der Waals surface area contributed by atoms with E-state index in [1.54, 1.807) is 14.2 Å². The highest BCUT2D eigenvalue weighted by molar-refractivity contribution is 5.85. The summed E-state index contributed by atoms with van der Waals surface area (Å²) in [5, 5.41) is 0. The van der Waals surface area contributed by atoms with Crippen LogP contribution in [0.2, 0.25) is 0 Å². The van der Waals surface area contributed by atoms with E-state index in [4.69, 9.17) is 19.9 Å². The number of methoxy groups -OCH3 is 2. The van der Waals surface area contributed by atoms with E-state index in [-0.39, 0.29) is 18.4 Å². The maximum Gasteiger partial charge on any atom is 0.165 e. The third-order valence-electron chi connectivity index (χ3n) is 3.57. The van der Waals surface area contributed by atoms with Crippen LogP contribution >= 0.6 is 12.4 Å². The van der Waals surface area contributed by atoms with Crippen LogP contribution in [0.5, 0.6) is 11.5 Å².